The van der Waals surface area contributed by atoms with E-state index in [1.807, 2.05) is 57.2 Å². The predicted octanol–water partition coefficient (Wildman–Crippen LogP) is 5.06. The Morgan fingerprint density at radius 3 is 2.41 bits per heavy atom. The first kappa shape index (κ1) is 12.0. The Kier molecular flexibility index (Phi) is 3.39. The molecule has 0 aliphatic heterocycles. The topological polar surface area (TPSA) is 9.23 Å². The van der Waals surface area contributed by atoms with Gasteiger partial charge < -0.3 is 4.74 Å². The number of benzene rings is 2. The van der Waals surface area contributed by atoms with E-state index in [0.29, 0.717) is 0 Å². The molecule has 0 spiro atoms. The Morgan fingerprint density at radius 2 is 1.71 bits per heavy atom. The SMILES string of the molecule is Cc1cccc(Oc2cc(C)c(Cl)cc2C)c1. The van der Waals surface area contributed by atoms with Crippen LogP contribution in [-0.4, -0.2) is 0 Å². The molecule has 0 amide bonds. The van der Waals surface area contributed by atoms with E-state index in [-0.39, 0.29) is 0 Å². The standard InChI is InChI=1S/C15H15ClO/c1-10-5-4-6-13(7-10)17-15-9-11(2)14(16)8-12(15)3/h4-9H,1-3H3. The van der Waals surface area contributed by atoms with Gasteiger partial charge in [-0.25, -0.2) is 0 Å². The fourth-order valence-electron chi connectivity index (χ4n) is 1.67. The second-order valence-electron chi connectivity index (χ2n) is 4.29. The molecule has 2 rings (SSSR count). The molecule has 88 valence electrons. The van der Waals surface area contributed by atoms with Gasteiger partial charge in [0.1, 0.15) is 11.5 Å². The predicted molar refractivity (Wildman–Crippen MR) is 72.2 cm³/mol. The van der Waals surface area contributed by atoms with Gasteiger partial charge in [0.15, 0.2) is 0 Å². The Hall–Kier alpha value is -1.47. The van der Waals surface area contributed by atoms with Crippen molar-refractivity contribution in [2.24, 2.45) is 0 Å². The summed E-state index contributed by atoms with van der Waals surface area (Å²) in [4.78, 5) is 0. The summed E-state index contributed by atoms with van der Waals surface area (Å²) in [5, 5.41) is 0.777. The molecule has 17 heavy (non-hydrogen) atoms. The maximum absolute atomic E-state index is 6.06. The van der Waals surface area contributed by atoms with Crippen molar-refractivity contribution in [3.05, 3.63) is 58.1 Å². The second kappa shape index (κ2) is 4.80. The molecule has 0 saturated carbocycles. The van der Waals surface area contributed by atoms with E-state index in [1.165, 1.54) is 5.56 Å². The minimum atomic E-state index is 0.777. The van der Waals surface area contributed by atoms with Crippen LogP contribution in [0, 0.1) is 20.8 Å². The summed E-state index contributed by atoms with van der Waals surface area (Å²) < 4.78 is 5.87. The van der Waals surface area contributed by atoms with Crippen LogP contribution in [-0.2, 0) is 0 Å². The highest BCUT2D eigenvalue weighted by Gasteiger charge is 2.05. The maximum atomic E-state index is 6.06. The van der Waals surface area contributed by atoms with Crippen LogP contribution in [0.4, 0.5) is 0 Å². The molecule has 2 aromatic carbocycles. The van der Waals surface area contributed by atoms with Gasteiger partial charge in [-0.3, -0.25) is 0 Å². The highest BCUT2D eigenvalue weighted by Crippen LogP contribution is 2.30. The van der Waals surface area contributed by atoms with E-state index < -0.39 is 0 Å². The van der Waals surface area contributed by atoms with E-state index in [0.717, 1.165) is 27.6 Å². The number of aryl methyl sites for hydroxylation is 3. The van der Waals surface area contributed by atoms with Gasteiger partial charge in [-0.15, -0.1) is 0 Å². The van der Waals surface area contributed by atoms with Crippen LogP contribution >= 0.6 is 11.6 Å². The van der Waals surface area contributed by atoms with Gasteiger partial charge in [0.2, 0.25) is 0 Å². The quantitative estimate of drug-likeness (QED) is 0.720. The summed E-state index contributed by atoms with van der Waals surface area (Å²) in [6, 6.07) is 11.9. The third-order valence-electron chi connectivity index (χ3n) is 2.67. The lowest BCUT2D eigenvalue weighted by Gasteiger charge is -2.11. The molecule has 0 aliphatic rings. The molecule has 0 aromatic heterocycles. The third kappa shape index (κ3) is 2.80. The molecule has 0 atom stereocenters. The average Bonchev–Trinajstić information content (AvgIpc) is 2.26. The van der Waals surface area contributed by atoms with Crippen LogP contribution in [0.25, 0.3) is 0 Å². The zero-order chi connectivity index (χ0) is 12.4. The van der Waals surface area contributed by atoms with Gasteiger partial charge >= 0.3 is 0 Å². The van der Waals surface area contributed by atoms with Gasteiger partial charge in [-0.05, 0) is 61.7 Å². The number of halogens is 1. The molecule has 0 unspecified atom stereocenters. The summed E-state index contributed by atoms with van der Waals surface area (Å²) in [5.74, 6) is 1.72. The van der Waals surface area contributed by atoms with Crippen molar-refractivity contribution in [3.63, 3.8) is 0 Å². The van der Waals surface area contributed by atoms with Crippen molar-refractivity contribution < 1.29 is 4.74 Å². The van der Waals surface area contributed by atoms with Crippen molar-refractivity contribution in [2.75, 3.05) is 0 Å². The Bertz CT molecular complexity index is 547. The summed E-state index contributed by atoms with van der Waals surface area (Å²) in [5.41, 5.74) is 3.26. The van der Waals surface area contributed by atoms with Crippen LogP contribution in [0.1, 0.15) is 16.7 Å². The second-order valence-corrected chi connectivity index (χ2v) is 4.69. The van der Waals surface area contributed by atoms with Crippen molar-refractivity contribution in [1.82, 2.24) is 0 Å². The van der Waals surface area contributed by atoms with Crippen LogP contribution in [0.5, 0.6) is 11.5 Å². The van der Waals surface area contributed by atoms with Gasteiger partial charge in [0.05, 0.1) is 0 Å². The van der Waals surface area contributed by atoms with Crippen LogP contribution in [0.3, 0.4) is 0 Å². The molecule has 0 aliphatic carbocycles. The molecule has 0 saturated heterocycles. The average molecular weight is 247 g/mol. The van der Waals surface area contributed by atoms with Crippen molar-refractivity contribution >= 4 is 11.6 Å². The zero-order valence-electron chi connectivity index (χ0n) is 10.3. The zero-order valence-corrected chi connectivity index (χ0v) is 11.0. The Labute approximate surface area is 107 Å². The normalized spacial score (nSPS) is 10.4. The summed E-state index contributed by atoms with van der Waals surface area (Å²) in [6.45, 7) is 6.02. The molecule has 0 radical (unpaired) electrons. The maximum Gasteiger partial charge on any atom is 0.130 e. The summed E-state index contributed by atoms with van der Waals surface area (Å²) in [6.07, 6.45) is 0. The first-order valence-corrected chi connectivity index (χ1v) is 5.95. The smallest absolute Gasteiger partial charge is 0.130 e. The van der Waals surface area contributed by atoms with Gasteiger partial charge in [0, 0.05) is 5.02 Å². The van der Waals surface area contributed by atoms with Crippen molar-refractivity contribution in [2.45, 2.75) is 20.8 Å². The first-order chi connectivity index (χ1) is 8.06. The molecule has 0 bridgehead atoms. The molecule has 2 heteroatoms. The molecule has 0 heterocycles. The minimum Gasteiger partial charge on any atom is -0.457 e. The fraction of sp³-hybridized carbons (Fsp3) is 0.200. The number of hydrogen-bond acceptors (Lipinski definition) is 1. The van der Waals surface area contributed by atoms with E-state index in [4.69, 9.17) is 16.3 Å². The molecule has 0 fully saturated rings. The van der Waals surface area contributed by atoms with Gasteiger partial charge in [-0.1, -0.05) is 23.7 Å². The van der Waals surface area contributed by atoms with Crippen LogP contribution in [0.2, 0.25) is 5.02 Å². The molecule has 1 nitrogen and oxygen atoms in total. The molecular formula is C15H15ClO. The highest BCUT2D eigenvalue weighted by molar-refractivity contribution is 6.31. The lowest BCUT2D eigenvalue weighted by atomic mass is 10.1. The van der Waals surface area contributed by atoms with E-state index in [1.54, 1.807) is 0 Å². The van der Waals surface area contributed by atoms with Crippen molar-refractivity contribution in [3.8, 4) is 11.5 Å². The van der Waals surface area contributed by atoms with Crippen LogP contribution in [0.15, 0.2) is 36.4 Å². The highest BCUT2D eigenvalue weighted by atomic mass is 35.5. The third-order valence-corrected chi connectivity index (χ3v) is 3.08. The van der Waals surface area contributed by atoms with E-state index in [9.17, 15) is 0 Å². The number of rotatable bonds is 2. The van der Waals surface area contributed by atoms with E-state index in [2.05, 4.69) is 0 Å². The van der Waals surface area contributed by atoms with Crippen molar-refractivity contribution in [1.29, 1.82) is 0 Å². The molecular weight excluding hydrogens is 232 g/mol. The fourth-order valence-corrected chi connectivity index (χ4v) is 1.89. The lowest BCUT2D eigenvalue weighted by molar-refractivity contribution is 0.478. The monoisotopic (exact) mass is 246 g/mol. The number of ether oxygens (including phenoxy) is 1. The molecule has 0 N–H and O–H groups in total. The molecule has 2 aromatic rings. The summed E-state index contributed by atoms with van der Waals surface area (Å²) >= 11 is 6.06. The lowest BCUT2D eigenvalue weighted by Crippen LogP contribution is -1.89. The number of hydrogen-bond donors (Lipinski definition) is 0. The van der Waals surface area contributed by atoms with Gasteiger partial charge in [-0.2, -0.15) is 0 Å². The first-order valence-electron chi connectivity index (χ1n) is 5.57. The Morgan fingerprint density at radius 1 is 0.941 bits per heavy atom. The Balaban J connectivity index is 2.33. The largest absolute Gasteiger partial charge is 0.457 e. The van der Waals surface area contributed by atoms with E-state index >= 15 is 0 Å². The van der Waals surface area contributed by atoms with Gasteiger partial charge in [0.25, 0.3) is 0 Å². The van der Waals surface area contributed by atoms with Crippen LogP contribution < -0.4 is 4.74 Å². The minimum absolute atomic E-state index is 0.777. The summed E-state index contributed by atoms with van der Waals surface area (Å²) in [7, 11) is 0.